The molecule has 0 saturated heterocycles. The van der Waals surface area contributed by atoms with Crippen molar-refractivity contribution < 1.29 is 23.1 Å². The van der Waals surface area contributed by atoms with Crippen LogP contribution in [0, 0.1) is 19.7 Å². The number of aromatic nitrogens is 2. The van der Waals surface area contributed by atoms with Crippen LogP contribution in [0.4, 0.5) is 4.39 Å². The van der Waals surface area contributed by atoms with Gasteiger partial charge in [0.2, 0.25) is 0 Å². The van der Waals surface area contributed by atoms with Gasteiger partial charge in [-0.1, -0.05) is 0 Å². The summed E-state index contributed by atoms with van der Waals surface area (Å²) in [6.07, 6.45) is 1.83. The van der Waals surface area contributed by atoms with Crippen molar-refractivity contribution in [1.82, 2.24) is 15.3 Å². The number of furan rings is 1. The molecule has 1 N–H and O–H groups in total. The summed E-state index contributed by atoms with van der Waals surface area (Å²) in [7, 11) is 1.55. The van der Waals surface area contributed by atoms with Crippen LogP contribution in [0.5, 0.6) is 5.75 Å². The number of methoxy groups -OCH3 is 1. The summed E-state index contributed by atoms with van der Waals surface area (Å²) in [5.41, 5.74) is 3.34. The van der Waals surface area contributed by atoms with Crippen LogP contribution in [0.2, 0.25) is 0 Å². The van der Waals surface area contributed by atoms with Crippen molar-refractivity contribution >= 4 is 5.91 Å². The third kappa shape index (κ3) is 4.04. The molecule has 4 rings (SSSR count). The highest BCUT2D eigenvalue weighted by molar-refractivity contribution is 5.91. The number of rotatable bonds is 6. The molecule has 0 fully saturated rings. The monoisotopic (exact) mass is 411 g/mol. The Morgan fingerprint density at radius 2 is 2.17 bits per heavy atom. The molecular formula is C22H22FN3O4. The van der Waals surface area contributed by atoms with Gasteiger partial charge in [0, 0.05) is 30.9 Å². The lowest BCUT2D eigenvalue weighted by molar-refractivity contribution is 0.0897. The molecule has 2 aromatic heterocycles. The van der Waals surface area contributed by atoms with E-state index in [1.165, 1.54) is 12.1 Å². The van der Waals surface area contributed by atoms with E-state index in [2.05, 4.69) is 15.3 Å². The molecule has 0 radical (unpaired) electrons. The van der Waals surface area contributed by atoms with Crippen molar-refractivity contribution in [3.05, 3.63) is 64.8 Å². The first-order chi connectivity index (χ1) is 14.4. The first-order valence-corrected chi connectivity index (χ1v) is 9.60. The SMILES string of the molecule is COCc1ccc(C(=O)NC[C@@H]2Cc3cc(F)cc(-c4nc(C)cnc4C)c3O2)o1. The van der Waals surface area contributed by atoms with Gasteiger partial charge in [-0.15, -0.1) is 0 Å². The van der Waals surface area contributed by atoms with Gasteiger partial charge in [0.1, 0.15) is 30.0 Å². The van der Waals surface area contributed by atoms with Crippen molar-refractivity contribution in [2.24, 2.45) is 0 Å². The van der Waals surface area contributed by atoms with E-state index in [1.807, 2.05) is 13.8 Å². The van der Waals surface area contributed by atoms with Crippen LogP contribution in [0.15, 0.2) is 34.9 Å². The van der Waals surface area contributed by atoms with Gasteiger partial charge in [-0.25, -0.2) is 9.37 Å². The second-order valence-corrected chi connectivity index (χ2v) is 7.24. The Labute approximate surface area is 173 Å². The number of fused-ring (bicyclic) bond motifs is 1. The summed E-state index contributed by atoms with van der Waals surface area (Å²) in [4.78, 5) is 21.2. The third-order valence-corrected chi connectivity index (χ3v) is 4.86. The van der Waals surface area contributed by atoms with Crippen LogP contribution in [0.3, 0.4) is 0 Å². The molecule has 1 aliphatic rings. The molecule has 1 atom stereocenters. The normalized spacial score (nSPS) is 15.0. The lowest BCUT2D eigenvalue weighted by Gasteiger charge is -2.14. The average molecular weight is 411 g/mol. The molecule has 3 aromatic rings. The molecule has 1 amide bonds. The molecule has 8 heteroatoms. The number of aryl methyl sites for hydroxylation is 2. The number of halogens is 1. The second kappa shape index (κ2) is 8.23. The summed E-state index contributed by atoms with van der Waals surface area (Å²) in [5.74, 6) is 0.653. The van der Waals surface area contributed by atoms with Gasteiger partial charge in [0.15, 0.2) is 5.76 Å². The van der Waals surface area contributed by atoms with Crippen LogP contribution >= 0.6 is 0 Å². The van der Waals surface area contributed by atoms with Gasteiger partial charge in [0.25, 0.3) is 5.91 Å². The summed E-state index contributed by atoms with van der Waals surface area (Å²) in [5, 5.41) is 2.81. The highest BCUT2D eigenvalue weighted by atomic mass is 19.1. The van der Waals surface area contributed by atoms with Gasteiger partial charge in [-0.05, 0) is 38.1 Å². The topological polar surface area (TPSA) is 86.5 Å². The zero-order valence-electron chi connectivity index (χ0n) is 17.0. The predicted molar refractivity (Wildman–Crippen MR) is 107 cm³/mol. The van der Waals surface area contributed by atoms with E-state index in [4.69, 9.17) is 13.9 Å². The zero-order chi connectivity index (χ0) is 21.3. The lowest BCUT2D eigenvalue weighted by atomic mass is 10.0. The largest absolute Gasteiger partial charge is 0.487 e. The van der Waals surface area contributed by atoms with Crippen LogP contribution < -0.4 is 10.1 Å². The number of nitrogens with zero attached hydrogens (tertiary/aromatic N) is 2. The standard InChI is InChI=1S/C22H22FN3O4/c1-12-9-24-13(2)20(26-12)18-8-15(23)6-14-7-17(30-21(14)18)10-25-22(27)19-5-4-16(29-19)11-28-3/h4-6,8-9,17H,7,10-11H2,1-3H3,(H,25,27)/t17-/m0/s1. The molecule has 7 nitrogen and oxygen atoms in total. The number of ether oxygens (including phenoxy) is 2. The van der Waals surface area contributed by atoms with E-state index >= 15 is 0 Å². The van der Waals surface area contributed by atoms with Crippen LogP contribution in [-0.2, 0) is 17.8 Å². The van der Waals surface area contributed by atoms with E-state index in [1.54, 1.807) is 25.4 Å². The number of nitrogens with one attached hydrogen (secondary N) is 1. The maximum Gasteiger partial charge on any atom is 0.287 e. The molecule has 0 bridgehead atoms. The van der Waals surface area contributed by atoms with Gasteiger partial charge in [-0.2, -0.15) is 0 Å². The molecule has 1 aliphatic heterocycles. The Morgan fingerprint density at radius 3 is 2.97 bits per heavy atom. The van der Waals surface area contributed by atoms with Crippen molar-refractivity contribution in [1.29, 1.82) is 0 Å². The summed E-state index contributed by atoms with van der Waals surface area (Å²) >= 11 is 0. The van der Waals surface area contributed by atoms with Crippen molar-refractivity contribution in [2.75, 3.05) is 13.7 Å². The molecule has 0 unspecified atom stereocenters. The van der Waals surface area contributed by atoms with Crippen LogP contribution in [-0.4, -0.2) is 35.6 Å². The maximum absolute atomic E-state index is 14.3. The molecule has 30 heavy (non-hydrogen) atoms. The molecule has 0 aliphatic carbocycles. The summed E-state index contributed by atoms with van der Waals surface area (Å²) in [6, 6.07) is 6.17. The molecule has 1 aromatic carbocycles. The number of carbonyl (C=O) groups excluding carboxylic acids is 1. The van der Waals surface area contributed by atoms with E-state index < -0.39 is 0 Å². The van der Waals surface area contributed by atoms with Gasteiger partial charge < -0.3 is 19.2 Å². The van der Waals surface area contributed by atoms with E-state index in [0.29, 0.717) is 41.5 Å². The van der Waals surface area contributed by atoms with Gasteiger partial charge in [0.05, 0.1) is 23.6 Å². The molecular weight excluding hydrogens is 389 g/mol. The number of benzene rings is 1. The Balaban J connectivity index is 1.49. The fourth-order valence-electron chi connectivity index (χ4n) is 3.49. The Hall–Kier alpha value is -3.26. The molecule has 156 valence electrons. The van der Waals surface area contributed by atoms with Gasteiger partial charge >= 0.3 is 0 Å². The summed E-state index contributed by atoms with van der Waals surface area (Å²) < 4.78 is 30.8. The Morgan fingerprint density at radius 1 is 1.33 bits per heavy atom. The Bertz CT molecular complexity index is 1100. The van der Waals surface area contributed by atoms with Crippen molar-refractivity contribution in [2.45, 2.75) is 33.0 Å². The van der Waals surface area contributed by atoms with Crippen LogP contribution in [0.25, 0.3) is 11.3 Å². The highest BCUT2D eigenvalue weighted by Gasteiger charge is 2.29. The Kier molecular flexibility index (Phi) is 5.50. The smallest absolute Gasteiger partial charge is 0.287 e. The van der Waals surface area contributed by atoms with E-state index in [0.717, 1.165) is 11.3 Å². The summed E-state index contributed by atoms with van der Waals surface area (Å²) in [6.45, 7) is 4.21. The molecule has 0 saturated carbocycles. The maximum atomic E-state index is 14.3. The first kappa shape index (κ1) is 20.0. The van der Waals surface area contributed by atoms with Crippen molar-refractivity contribution in [3.8, 4) is 17.0 Å². The zero-order valence-corrected chi connectivity index (χ0v) is 17.0. The fraction of sp³-hybridized carbons (Fsp3) is 0.318. The van der Waals surface area contributed by atoms with Gasteiger partial charge in [-0.3, -0.25) is 9.78 Å². The lowest BCUT2D eigenvalue weighted by Crippen LogP contribution is -2.34. The second-order valence-electron chi connectivity index (χ2n) is 7.24. The minimum Gasteiger partial charge on any atom is -0.487 e. The van der Waals surface area contributed by atoms with Crippen molar-refractivity contribution in [3.63, 3.8) is 0 Å². The number of hydrogen-bond acceptors (Lipinski definition) is 6. The minimum absolute atomic E-state index is 0.204. The average Bonchev–Trinajstić information content (AvgIpc) is 3.34. The first-order valence-electron chi connectivity index (χ1n) is 9.60. The minimum atomic E-state index is -0.360. The quantitative estimate of drug-likeness (QED) is 0.669. The number of hydrogen-bond donors (Lipinski definition) is 1. The van der Waals surface area contributed by atoms with E-state index in [9.17, 15) is 9.18 Å². The predicted octanol–water partition coefficient (Wildman–Crippen LogP) is 3.37. The number of amides is 1. The van der Waals surface area contributed by atoms with Crippen LogP contribution in [0.1, 0.15) is 33.3 Å². The van der Waals surface area contributed by atoms with E-state index in [-0.39, 0.29) is 30.1 Å². The fourth-order valence-corrected chi connectivity index (χ4v) is 3.49. The molecule has 0 spiro atoms. The molecule has 3 heterocycles. The number of carbonyl (C=O) groups is 1. The third-order valence-electron chi connectivity index (χ3n) is 4.86. The highest BCUT2D eigenvalue weighted by Crippen LogP contribution is 2.39.